The number of aliphatic hydroxyl groups is 1. The second-order valence-electron chi connectivity index (χ2n) is 7.71. The fourth-order valence-corrected chi connectivity index (χ4v) is 4.46. The molecule has 3 N–H and O–H groups in total. The smallest absolute Gasteiger partial charge is 0.256 e. The molecule has 2 fully saturated rings. The summed E-state index contributed by atoms with van der Waals surface area (Å²) in [6.07, 6.45) is 3.03. The number of anilines is 2. The topological polar surface area (TPSA) is 64.6 Å². The normalized spacial score (nSPS) is 20.8. The molecular formula is C21H22F2IN3O2. The molecule has 0 spiro atoms. The van der Waals surface area contributed by atoms with Gasteiger partial charge in [0.2, 0.25) is 0 Å². The van der Waals surface area contributed by atoms with Gasteiger partial charge in [0.15, 0.2) is 0 Å². The SMILES string of the molecule is O=C(c1ccc(F)cc1Nc1ccc(I)cc1F)N1CC(O)([C@@H]2CCCCN2)C1. The summed E-state index contributed by atoms with van der Waals surface area (Å²) in [6, 6.07) is 8.38. The summed E-state index contributed by atoms with van der Waals surface area (Å²) in [4.78, 5) is 14.5. The van der Waals surface area contributed by atoms with Crippen molar-refractivity contribution < 1.29 is 18.7 Å². The average molecular weight is 513 g/mol. The van der Waals surface area contributed by atoms with Crippen LogP contribution in [0.5, 0.6) is 0 Å². The zero-order valence-corrected chi connectivity index (χ0v) is 17.9. The molecule has 2 aromatic rings. The van der Waals surface area contributed by atoms with E-state index in [9.17, 15) is 18.7 Å². The van der Waals surface area contributed by atoms with Gasteiger partial charge >= 0.3 is 0 Å². The van der Waals surface area contributed by atoms with Crippen LogP contribution in [-0.4, -0.2) is 47.2 Å². The Balaban J connectivity index is 1.52. The van der Waals surface area contributed by atoms with Crippen molar-refractivity contribution >= 4 is 39.9 Å². The maximum atomic E-state index is 14.2. The lowest BCUT2D eigenvalue weighted by Gasteiger charge is -2.51. The van der Waals surface area contributed by atoms with Crippen molar-refractivity contribution in [1.82, 2.24) is 10.2 Å². The van der Waals surface area contributed by atoms with E-state index in [1.54, 1.807) is 17.0 Å². The van der Waals surface area contributed by atoms with E-state index in [1.165, 1.54) is 24.3 Å². The number of hydrogen-bond donors (Lipinski definition) is 3. The fourth-order valence-electron chi connectivity index (χ4n) is 4.00. The summed E-state index contributed by atoms with van der Waals surface area (Å²) >= 11 is 2.00. The number of benzene rings is 2. The van der Waals surface area contributed by atoms with E-state index >= 15 is 0 Å². The molecule has 8 heteroatoms. The zero-order chi connectivity index (χ0) is 20.6. The lowest BCUT2D eigenvalue weighted by atomic mass is 9.81. The molecule has 2 heterocycles. The van der Waals surface area contributed by atoms with Gasteiger partial charge in [0.1, 0.15) is 17.2 Å². The van der Waals surface area contributed by atoms with E-state index in [0.29, 0.717) is 0 Å². The van der Waals surface area contributed by atoms with Crippen molar-refractivity contribution in [1.29, 1.82) is 0 Å². The van der Waals surface area contributed by atoms with Crippen molar-refractivity contribution in [2.45, 2.75) is 30.9 Å². The minimum atomic E-state index is -0.939. The highest BCUT2D eigenvalue weighted by molar-refractivity contribution is 14.1. The van der Waals surface area contributed by atoms with E-state index in [0.717, 1.165) is 29.4 Å². The molecule has 5 nitrogen and oxygen atoms in total. The van der Waals surface area contributed by atoms with Crippen LogP contribution < -0.4 is 10.6 Å². The Morgan fingerprint density at radius 2 is 1.97 bits per heavy atom. The minimum absolute atomic E-state index is 0.0213. The number of carbonyl (C=O) groups is 1. The predicted molar refractivity (Wildman–Crippen MR) is 115 cm³/mol. The van der Waals surface area contributed by atoms with Gasteiger partial charge in [-0.1, -0.05) is 6.42 Å². The molecule has 1 amide bonds. The summed E-state index contributed by atoms with van der Waals surface area (Å²) in [6.45, 7) is 1.31. The van der Waals surface area contributed by atoms with Gasteiger partial charge in [0.05, 0.1) is 30.0 Å². The third kappa shape index (κ3) is 4.24. The molecule has 0 saturated carbocycles. The van der Waals surface area contributed by atoms with E-state index in [2.05, 4.69) is 10.6 Å². The van der Waals surface area contributed by atoms with Crippen LogP contribution in [0.15, 0.2) is 36.4 Å². The monoisotopic (exact) mass is 513 g/mol. The molecule has 0 aromatic heterocycles. The third-order valence-corrected chi connectivity index (χ3v) is 6.26. The van der Waals surface area contributed by atoms with Crippen LogP contribution >= 0.6 is 22.6 Å². The zero-order valence-electron chi connectivity index (χ0n) is 15.7. The van der Waals surface area contributed by atoms with Crippen molar-refractivity contribution in [2.24, 2.45) is 0 Å². The van der Waals surface area contributed by atoms with Gasteiger partial charge in [0.25, 0.3) is 5.91 Å². The van der Waals surface area contributed by atoms with Gasteiger partial charge in [-0.3, -0.25) is 4.79 Å². The van der Waals surface area contributed by atoms with Crippen molar-refractivity contribution in [2.75, 3.05) is 25.0 Å². The first kappa shape index (κ1) is 20.5. The Labute approximate surface area is 181 Å². The Morgan fingerprint density at radius 3 is 2.66 bits per heavy atom. The van der Waals surface area contributed by atoms with Crippen LogP contribution in [0, 0.1) is 15.2 Å². The maximum absolute atomic E-state index is 14.2. The number of halogens is 3. The first-order valence-corrected chi connectivity index (χ1v) is 10.7. The number of piperidine rings is 1. The van der Waals surface area contributed by atoms with Crippen molar-refractivity contribution in [3.05, 3.63) is 57.2 Å². The highest BCUT2D eigenvalue weighted by Crippen LogP contribution is 2.32. The van der Waals surface area contributed by atoms with E-state index in [4.69, 9.17) is 0 Å². The molecule has 2 aliphatic rings. The quantitative estimate of drug-likeness (QED) is 0.547. The molecule has 0 bridgehead atoms. The second-order valence-corrected chi connectivity index (χ2v) is 8.95. The number of carbonyl (C=O) groups excluding carboxylic acids is 1. The number of rotatable bonds is 4. The Hall–Kier alpha value is -1.78. The van der Waals surface area contributed by atoms with Gasteiger partial charge in [-0.05, 0) is 78.4 Å². The molecule has 0 radical (unpaired) electrons. The number of nitrogens with zero attached hydrogens (tertiary/aromatic N) is 1. The van der Waals surface area contributed by atoms with Crippen LogP contribution in [0.4, 0.5) is 20.2 Å². The van der Waals surface area contributed by atoms with E-state index < -0.39 is 17.2 Å². The molecule has 4 rings (SSSR count). The maximum Gasteiger partial charge on any atom is 0.256 e. The highest BCUT2D eigenvalue weighted by atomic mass is 127. The number of nitrogens with one attached hydrogen (secondary N) is 2. The summed E-state index contributed by atoms with van der Waals surface area (Å²) in [5, 5.41) is 17.0. The second kappa shape index (κ2) is 8.16. The molecule has 2 aromatic carbocycles. The number of β-amino-alcohol motifs (C(OH)–C–C–N with tert-alkyl or cyclic N) is 1. The summed E-state index contributed by atoms with van der Waals surface area (Å²) in [5.41, 5.74) is -0.340. The van der Waals surface area contributed by atoms with Gasteiger partial charge in [-0.2, -0.15) is 0 Å². The molecule has 2 saturated heterocycles. The largest absolute Gasteiger partial charge is 0.385 e. The van der Waals surface area contributed by atoms with Crippen LogP contribution in [0.1, 0.15) is 29.6 Å². The Morgan fingerprint density at radius 1 is 1.17 bits per heavy atom. The van der Waals surface area contributed by atoms with Crippen molar-refractivity contribution in [3.63, 3.8) is 0 Å². The third-order valence-electron chi connectivity index (χ3n) is 5.59. The van der Waals surface area contributed by atoms with E-state index in [-0.39, 0.29) is 42.0 Å². The van der Waals surface area contributed by atoms with Gasteiger partial charge < -0.3 is 20.6 Å². The lowest BCUT2D eigenvalue weighted by molar-refractivity contribution is -0.108. The van der Waals surface area contributed by atoms with Gasteiger partial charge in [-0.15, -0.1) is 0 Å². The Bertz CT molecular complexity index is 928. The molecule has 154 valence electrons. The van der Waals surface area contributed by atoms with Crippen LogP contribution in [0.3, 0.4) is 0 Å². The van der Waals surface area contributed by atoms with Crippen LogP contribution in [0.2, 0.25) is 0 Å². The highest BCUT2D eigenvalue weighted by Gasteiger charge is 2.49. The molecule has 0 unspecified atom stereocenters. The van der Waals surface area contributed by atoms with Crippen LogP contribution in [-0.2, 0) is 0 Å². The molecule has 1 atom stereocenters. The first-order valence-electron chi connectivity index (χ1n) is 9.62. The standard InChI is InChI=1S/C21H22F2IN3O2/c22-13-4-6-15(18(9-13)26-17-7-5-14(24)10-16(17)23)20(28)27-11-21(29,12-27)19-3-1-2-8-25-19/h4-7,9-10,19,25-26,29H,1-3,8,11-12H2/t19-/m0/s1. The van der Waals surface area contributed by atoms with Gasteiger partial charge in [0, 0.05) is 9.61 Å². The first-order chi connectivity index (χ1) is 13.9. The molecule has 0 aliphatic carbocycles. The molecular weight excluding hydrogens is 491 g/mol. The van der Waals surface area contributed by atoms with E-state index in [1.807, 2.05) is 22.6 Å². The molecule has 2 aliphatic heterocycles. The Kier molecular flexibility index (Phi) is 5.76. The summed E-state index contributed by atoms with van der Waals surface area (Å²) in [5.74, 6) is -1.33. The number of likely N-dealkylation sites (tertiary alicyclic amines) is 1. The molecule has 29 heavy (non-hydrogen) atoms. The summed E-state index contributed by atoms with van der Waals surface area (Å²) in [7, 11) is 0. The average Bonchev–Trinajstić information content (AvgIpc) is 2.68. The van der Waals surface area contributed by atoms with Crippen molar-refractivity contribution in [3.8, 4) is 0 Å². The number of hydrogen-bond acceptors (Lipinski definition) is 4. The number of amides is 1. The lowest BCUT2D eigenvalue weighted by Crippen LogP contribution is -2.72. The fraction of sp³-hybridized carbons (Fsp3) is 0.381. The van der Waals surface area contributed by atoms with Gasteiger partial charge in [-0.25, -0.2) is 8.78 Å². The minimum Gasteiger partial charge on any atom is -0.385 e. The van der Waals surface area contributed by atoms with Crippen LogP contribution in [0.25, 0.3) is 0 Å². The predicted octanol–water partition coefficient (Wildman–Crippen LogP) is 3.64. The summed E-state index contributed by atoms with van der Waals surface area (Å²) < 4.78 is 28.8.